The van der Waals surface area contributed by atoms with Crippen LogP contribution in [-0.4, -0.2) is 24.0 Å². The number of carbonyl (C=O) groups is 1. The largest absolute Gasteiger partial charge is 0.316 e. The molecule has 0 radical (unpaired) electrons. The molecule has 2 rings (SSSR count). The summed E-state index contributed by atoms with van der Waals surface area (Å²) in [6, 6.07) is 0. The summed E-state index contributed by atoms with van der Waals surface area (Å²) in [4.78, 5) is 16.4. The number of hydrogen-bond acceptors (Lipinski definition) is 4. The summed E-state index contributed by atoms with van der Waals surface area (Å²) < 4.78 is 0. The molecule has 1 aromatic heterocycles. The highest BCUT2D eigenvalue weighted by atomic mass is 32.1. The van der Waals surface area contributed by atoms with Gasteiger partial charge in [0.15, 0.2) is 5.13 Å². The maximum atomic E-state index is 12.0. The lowest BCUT2D eigenvalue weighted by molar-refractivity contribution is -0.120. The van der Waals surface area contributed by atoms with E-state index in [9.17, 15) is 4.79 Å². The fourth-order valence-electron chi connectivity index (χ4n) is 1.89. The van der Waals surface area contributed by atoms with E-state index in [2.05, 4.69) is 29.5 Å². The fraction of sp³-hybridized carbons (Fsp3) is 0.667. The molecule has 1 aromatic rings. The summed E-state index contributed by atoms with van der Waals surface area (Å²) in [5.41, 5.74) is 1.05. The third-order valence-electron chi connectivity index (χ3n) is 3.01. The molecule has 4 nitrogen and oxygen atoms in total. The molecule has 17 heavy (non-hydrogen) atoms. The Kier molecular flexibility index (Phi) is 4.12. The number of aromatic nitrogens is 1. The minimum Gasteiger partial charge on any atom is -0.316 e. The number of carbonyl (C=O) groups excluding carboxylic acids is 1. The lowest BCUT2D eigenvalue weighted by atomic mass is 9.99. The molecule has 1 amide bonds. The quantitative estimate of drug-likeness (QED) is 0.868. The fourth-order valence-corrected chi connectivity index (χ4v) is 2.77. The average molecular weight is 253 g/mol. The van der Waals surface area contributed by atoms with Crippen molar-refractivity contribution in [3.63, 3.8) is 0 Å². The predicted molar refractivity (Wildman–Crippen MR) is 70.4 cm³/mol. The van der Waals surface area contributed by atoms with Gasteiger partial charge in [0.05, 0.1) is 11.6 Å². The van der Waals surface area contributed by atoms with Crippen LogP contribution in [0.4, 0.5) is 5.13 Å². The van der Waals surface area contributed by atoms with Gasteiger partial charge < -0.3 is 10.6 Å². The van der Waals surface area contributed by atoms with Crippen molar-refractivity contribution in [2.45, 2.75) is 32.6 Å². The van der Waals surface area contributed by atoms with E-state index in [0.717, 1.165) is 36.8 Å². The molecule has 94 valence electrons. The molecule has 0 aliphatic carbocycles. The molecule has 1 aliphatic heterocycles. The molecule has 0 bridgehead atoms. The summed E-state index contributed by atoms with van der Waals surface area (Å²) in [7, 11) is 0. The van der Waals surface area contributed by atoms with Crippen molar-refractivity contribution in [3.05, 3.63) is 11.1 Å². The van der Waals surface area contributed by atoms with E-state index < -0.39 is 0 Å². The van der Waals surface area contributed by atoms with Crippen LogP contribution in [0.3, 0.4) is 0 Å². The number of hydrogen-bond donors (Lipinski definition) is 2. The Bertz CT molecular complexity index is 383. The van der Waals surface area contributed by atoms with Crippen molar-refractivity contribution in [1.82, 2.24) is 10.3 Å². The highest BCUT2D eigenvalue weighted by molar-refractivity contribution is 7.13. The number of rotatable bonds is 3. The SMILES string of the molecule is CC(C)c1csc(NC(=O)[C@@H]2CCCNC2)n1. The van der Waals surface area contributed by atoms with Crippen LogP contribution in [0.1, 0.15) is 38.3 Å². The number of nitrogens with zero attached hydrogens (tertiary/aromatic N) is 1. The van der Waals surface area contributed by atoms with Gasteiger partial charge in [0.1, 0.15) is 0 Å². The van der Waals surface area contributed by atoms with Gasteiger partial charge in [0.25, 0.3) is 0 Å². The number of thiazole rings is 1. The number of anilines is 1. The molecule has 0 unspecified atom stereocenters. The molecule has 2 N–H and O–H groups in total. The first-order chi connectivity index (χ1) is 8.16. The smallest absolute Gasteiger partial charge is 0.230 e. The summed E-state index contributed by atoms with van der Waals surface area (Å²) in [5, 5.41) is 8.90. The van der Waals surface area contributed by atoms with Crippen molar-refractivity contribution in [1.29, 1.82) is 0 Å². The molecule has 0 aromatic carbocycles. The van der Waals surface area contributed by atoms with Crippen molar-refractivity contribution < 1.29 is 4.79 Å². The Balaban J connectivity index is 1.92. The van der Waals surface area contributed by atoms with Crippen molar-refractivity contribution in [3.8, 4) is 0 Å². The Morgan fingerprint density at radius 2 is 2.47 bits per heavy atom. The molecule has 1 fully saturated rings. The van der Waals surface area contributed by atoms with Crippen LogP contribution < -0.4 is 10.6 Å². The Morgan fingerprint density at radius 3 is 3.06 bits per heavy atom. The van der Waals surface area contributed by atoms with Crippen LogP contribution in [0, 0.1) is 5.92 Å². The number of amides is 1. The molecular formula is C12H19N3OS. The maximum Gasteiger partial charge on any atom is 0.230 e. The van der Waals surface area contributed by atoms with Crippen LogP contribution >= 0.6 is 11.3 Å². The van der Waals surface area contributed by atoms with Crippen LogP contribution in [0.25, 0.3) is 0 Å². The molecule has 5 heteroatoms. The van der Waals surface area contributed by atoms with Crippen molar-refractivity contribution >= 4 is 22.4 Å². The second kappa shape index (κ2) is 5.60. The zero-order valence-electron chi connectivity index (χ0n) is 10.3. The lowest BCUT2D eigenvalue weighted by Gasteiger charge is -2.21. The topological polar surface area (TPSA) is 54.0 Å². The van der Waals surface area contributed by atoms with E-state index >= 15 is 0 Å². The van der Waals surface area contributed by atoms with Gasteiger partial charge in [-0.15, -0.1) is 11.3 Å². The van der Waals surface area contributed by atoms with Gasteiger partial charge in [0, 0.05) is 11.9 Å². The van der Waals surface area contributed by atoms with Crippen molar-refractivity contribution in [2.24, 2.45) is 5.92 Å². The standard InChI is InChI=1S/C12H19N3OS/c1-8(2)10-7-17-12(14-10)15-11(16)9-4-3-5-13-6-9/h7-9,13H,3-6H2,1-2H3,(H,14,15,16)/t9-/m1/s1. The minimum atomic E-state index is 0.0927. The summed E-state index contributed by atoms with van der Waals surface area (Å²) in [5.74, 6) is 0.602. The number of nitrogens with one attached hydrogen (secondary N) is 2. The monoisotopic (exact) mass is 253 g/mol. The molecule has 1 aliphatic rings. The zero-order valence-corrected chi connectivity index (χ0v) is 11.1. The van der Waals surface area contributed by atoms with Gasteiger partial charge in [-0.25, -0.2) is 4.98 Å². The van der Waals surface area contributed by atoms with Gasteiger partial charge in [0.2, 0.25) is 5.91 Å². The van der Waals surface area contributed by atoms with Gasteiger partial charge >= 0.3 is 0 Å². The first kappa shape index (κ1) is 12.5. The second-order valence-electron chi connectivity index (χ2n) is 4.76. The van der Waals surface area contributed by atoms with Crippen LogP contribution in [-0.2, 0) is 4.79 Å². The van der Waals surface area contributed by atoms with E-state index in [1.54, 1.807) is 0 Å². The summed E-state index contributed by atoms with van der Waals surface area (Å²) >= 11 is 1.51. The van der Waals surface area contributed by atoms with Crippen LogP contribution in [0.15, 0.2) is 5.38 Å². The molecule has 1 atom stereocenters. The summed E-state index contributed by atoms with van der Waals surface area (Å²) in [6.07, 6.45) is 2.05. The zero-order chi connectivity index (χ0) is 12.3. The summed E-state index contributed by atoms with van der Waals surface area (Å²) in [6.45, 7) is 6.02. The van der Waals surface area contributed by atoms with Crippen LogP contribution in [0.2, 0.25) is 0 Å². The molecule has 0 spiro atoms. The van der Waals surface area contributed by atoms with E-state index in [0.29, 0.717) is 5.92 Å². The minimum absolute atomic E-state index is 0.0927. The lowest BCUT2D eigenvalue weighted by Crippen LogP contribution is -2.37. The Hall–Kier alpha value is -0.940. The molecule has 2 heterocycles. The first-order valence-electron chi connectivity index (χ1n) is 6.14. The van der Waals surface area contributed by atoms with Gasteiger partial charge in [-0.05, 0) is 25.3 Å². The normalized spacial score (nSPS) is 20.5. The molecule has 1 saturated heterocycles. The highest BCUT2D eigenvalue weighted by Crippen LogP contribution is 2.22. The predicted octanol–water partition coefficient (Wildman–Crippen LogP) is 2.20. The second-order valence-corrected chi connectivity index (χ2v) is 5.62. The van der Waals surface area contributed by atoms with Crippen molar-refractivity contribution in [2.75, 3.05) is 18.4 Å². The Morgan fingerprint density at radius 1 is 1.65 bits per heavy atom. The first-order valence-corrected chi connectivity index (χ1v) is 7.02. The van der Waals surface area contributed by atoms with Gasteiger partial charge in [-0.3, -0.25) is 4.79 Å². The maximum absolute atomic E-state index is 12.0. The van der Waals surface area contributed by atoms with E-state index in [-0.39, 0.29) is 11.8 Å². The van der Waals surface area contributed by atoms with Gasteiger partial charge in [-0.2, -0.15) is 0 Å². The number of piperidine rings is 1. The van der Waals surface area contributed by atoms with E-state index in [1.165, 1.54) is 11.3 Å². The highest BCUT2D eigenvalue weighted by Gasteiger charge is 2.21. The van der Waals surface area contributed by atoms with Gasteiger partial charge in [-0.1, -0.05) is 13.8 Å². The van der Waals surface area contributed by atoms with E-state index in [1.807, 2.05) is 5.38 Å². The van der Waals surface area contributed by atoms with E-state index in [4.69, 9.17) is 0 Å². The third-order valence-corrected chi connectivity index (χ3v) is 3.79. The third kappa shape index (κ3) is 3.26. The molecular weight excluding hydrogens is 234 g/mol. The Labute approximate surface area is 106 Å². The molecule has 0 saturated carbocycles. The average Bonchev–Trinajstić information content (AvgIpc) is 2.79. The van der Waals surface area contributed by atoms with Crippen LogP contribution in [0.5, 0.6) is 0 Å².